The van der Waals surface area contributed by atoms with Gasteiger partial charge >= 0.3 is 12.0 Å². The molecule has 0 aromatic carbocycles. The zero-order chi connectivity index (χ0) is 14.7. The summed E-state index contributed by atoms with van der Waals surface area (Å²) in [5, 5.41) is 18.5. The van der Waals surface area contributed by atoms with Gasteiger partial charge in [0.15, 0.2) is 0 Å². The van der Waals surface area contributed by atoms with Crippen molar-refractivity contribution in [3.05, 3.63) is 0 Å². The van der Waals surface area contributed by atoms with Crippen LogP contribution in [-0.4, -0.2) is 63.3 Å². The van der Waals surface area contributed by atoms with E-state index in [4.69, 9.17) is 5.11 Å². The Labute approximate surface area is 108 Å². The lowest BCUT2D eigenvalue weighted by atomic mass is 10.1. The molecule has 0 fully saturated rings. The summed E-state index contributed by atoms with van der Waals surface area (Å²) < 4.78 is 0. The van der Waals surface area contributed by atoms with E-state index in [1.165, 1.54) is 9.80 Å². The Kier molecular flexibility index (Phi) is 5.16. The molecule has 2 N–H and O–H groups in total. The molecule has 0 saturated heterocycles. The van der Waals surface area contributed by atoms with Crippen molar-refractivity contribution in [1.29, 1.82) is 0 Å². The largest absolute Gasteiger partial charge is 0.480 e. The Morgan fingerprint density at radius 2 is 1.56 bits per heavy atom. The van der Waals surface area contributed by atoms with Crippen LogP contribution in [0.3, 0.4) is 0 Å². The van der Waals surface area contributed by atoms with Crippen molar-refractivity contribution in [2.75, 3.05) is 20.1 Å². The summed E-state index contributed by atoms with van der Waals surface area (Å²) in [4.78, 5) is 25.6. The highest BCUT2D eigenvalue weighted by Crippen LogP contribution is 2.16. The molecule has 0 radical (unpaired) electrons. The zero-order valence-corrected chi connectivity index (χ0v) is 12.0. The van der Waals surface area contributed by atoms with Crippen molar-refractivity contribution in [2.45, 2.75) is 45.8 Å². The lowest BCUT2D eigenvalue weighted by Gasteiger charge is -2.38. The summed E-state index contributed by atoms with van der Waals surface area (Å²) in [5.74, 6) is -1.06. The van der Waals surface area contributed by atoms with E-state index in [2.05, 4.69) is 0 Å². The summed E-state index contributed by atoms with van der Waals surface area (Å²) in [7, 11) is 1.54. The van der Waals surface area contributed by atoms with Crippen LogP contribution in [-0.2, 0) is 4.79 Å². The van der Waals surface area contributed by atoms with E-state index >= 15 is 0 Å². The highest BCUT2D eigenvalue weighted by molar-refractivity contribution is 5.80. The second-order valence-electron chi connectivity index (χ2n) is 6.10. The number of carboxylic acid groups (broad SMARTS) is 1. The second kappa shape index (κ2) is 5.56. The van der Waals surface area contributed by atoms with Gasteiger partial charge in [0.1, 0.15) is 6.54 Å². The first-order valence-electron chi connectivity index (χ1n) is 5.81. The maximum absolute atomic E-state index is 12.2. The molecule has 0 bridgehead atoms. The molecule has 0 spiro atoms. The smallest absolute Gasteiger partial charge is 0.323 e. The van der Waals surface area contributed by atoms with Crippen molar-refractivity contribution in [2.24, 2.45) is 0 Å². The topological polar surface area (TPSA) is 81.1 Å². The van der Waals surface area contributed by atoms with Gasteiger partial charge < -0.3 is 20.0 Å². The fourth-order valence-electron chi connectivity index (χ4n) is 1.58. The number of urea groups is 1. The fraction of sp³-hybridized carbons (Fsp3) is 0.833. The number of hydrogen-bond donors (Lipinski definition) is 2. The lowest BCUT2D eigenvalue weighted by Crippen LogP contribution is -2.54. The van der Waals surface area contributed by atoms with E-state index in [-0.39, 0.29) is 13.1 Å². The molecular formula is C12H24N2O4. The van der Waals surface area contributed by atoms with Crippen molar-refractivity contribution in [1.82, 2.24) is 9.80 Å². The number of hydrogen-bond acceptors (Lipinski definition) is 3. The Morgan fingerprint density at radius 3 is 1.83 bits per heavy atom. The molecule has 0 aliphatic carbocycles. The number of carbonyl (C=O) groups excluding carboxylic acids is 1. The van der Waals surface area contributed by atoms with Crippen LogP contribution < -0.4 is 0 Å². The molecule has 0 unspecified atom stereocenters. The van der Waals surface area contributed by atoms with E-state index in [0.29, 0.717) is 0 Å². The van der Waals surface area contributed by atoms with E-state index in [9.17, 15) is 14.7 Å². The van der Waals surface area contributed by atoms with Crippen LogP contribution in [0, 0.1) is 0 Å². The van der Waals surface area contributed by atoms with Gasteiger partial charge in [-0.3, -0.25) is 4.79 Å². The molecule has 6 nitrogen and oxygen atoms in total. The Morgan fingerprint density at radius 1 is 1.11 bits per heavy atom. The van der Waals surface area contributed by atoms with Crippen LogP contribution in [0.15, 0.2) is 0 Å². The number of aliphatic hydroxyl groups is 1. The minimum Gasteiger partial charge on any atom is -0.480 e. The van der Waals surface area contributed by atoms with E-state index < -0.39 is 23.1 Å². The summed E-state index contributed by atoms with van der Waals surface area (Å²) >= 11 is 0. The van der Waals surface area contributed by atoms with Gasteiger partial charge in [-0.25, -0.2) is 4.79 Å². The maximum Gasteiger partial charge on any atom is 0.323 e. The number of carbonyl (C=O) groups is 2. The molecular weight excluding hydrogens is 236 g/mol. The average Bonchev–Trinajstić information content (AvgIpc) is 2.08. The van der Waals surface area contributed by atoms with Crippen molar-refractivity contribution >= 4 is 12.0 Å². The summed E-state index contributed by atoms with van der Waals surface area (Å²) in [5.41, 5.74) is -1.61. The first kappa shape index (κ1) is 16.7. The third-order valence-electron chi connectivity index (χ3n) is 2.28. The van der Waals surface area contributed by atoms with Crippen LogP contribution in [0.1, 0.15) is 34.6 Å². The van der Waals surface area contributed by atoms with Gasteiger partial charge in [0.05, 0.1) is 12.1 Å². The minimum atomic E-state index is -1.06. The number of amides is 2. The minimum absolute atomic E-state index is 0.137. The molecule has 0 heterocycles. The summed E-state index contributed by atoms with van der Waals surface area (Å²) in [6.07, 6.45) is 0. The van der Waals surface area contributed by atoms with E-state index in [1.54, 1.807) is 41.7 Å². The van der Waals surface area contributed by atoms with Crippen molar-refractivity contribution in [3.63, 3.8) is 0 Å². The Balaban J connectivity index is 4.92. The van der Waals surface area contributed by atoms with Crippen LogP contribution in [0.2, 0.25) is 0 Å². The molecule has 0 aromatic heterocycles. The number of rotatable bonds is 4. The molecule has 0 saturated carbocycles. The Hall–Kier alpha value is -1.30. The Bertz CT molecular complexity index is 315. The molecule has 106 valence electrons. The molecule has 0 rings (SSSR count). The number of aliphatic carboxylic acids is 1. The van der Waals surface area contributed by atoms with Crippen LogP contribution >= 0.6 is 0 Å². The number of carboxylic acids is 1. The molecule has 6 heteroatoms. The summed E-state index contributed by atoms with van der Waals surface area (Å²) in [6.45, 7) is 8.27. The monoisotopic (exact) mass is 260 g/mol. The molecule has 0 atom stereocenters. The SMILES string of the molecule is CN(CC(C)(C)O)C(=O)N(CC(=O)O)C(C)(C)C. The third-order valence-corrected chi connectivity index (χ3v) is 2.28. The normalized spacial score (nSPS) is 12.2. The zero-order valence-electron chi connectivity index (χ0n) is 12.0. The molecule has 18 heavy (non-hydrogen) atoms. The fourth-order valence-corrected chi connectivity index (χ4v) is 1.58. The first-order valence-corrected chi connectivity index (χ1v) is 5.81. The van der Waals surface area contributed by atoms with Gasteiger partial charge in [-0.1, -0.05) is 0 Å². The first-order chi connectivity index (χ1) is 7.84. The van der Waals surface area contributed by atoms with Crippen molar-refractivity contribution < 1.29 is 19.8 Å². The predicted octanol–water partition coefficient (Wildman–Crippen LogP) is 0.994. The van der Waals surface area contributed by atoms with Gasteiger partial charge in [0.25, 0.3) is 0 Å². The van der Waals surface area contributed by atoms with Gasteiger partial charge in [0, 0.05) is 12.6 Å². The van der Waals surface area contributed by atoms with E-state index in [1.807, 2.05) is 0 Å². The lowest BCUT2D eigenvalue weighted by molar-refractivity contribution is -0.138. The van der Waals surface area contributed by atoms with Gasteiger partial charge in [-0.05, 0) is 34.6 Å². The molecule has 2 amide bonds. The van der Waals surface area contributed by atoms with Gasteiger partial charge in [-0.2, -0.15) is 0 Å². The maximum atomic E-state index is 12.2. The number of likely N-dealkylation sites (N-methyl/N-ethyl adjacent to an activating group) is 1. The van der Waals surface area contributed by atoms with E-state index in [0.717, 1.165) is 0 Å². The van der Waals surface area contributed by atoms with Gasteiger partial charge in [-0.15, -0.1) is 0 Å². The van der Waals surface area contributed by atoms with Gasteiger partial charge in [0.2, 0.25) is 0 Å². The van der Waals surface area contributed by atoms with Crippen molar-refractivity contribution in [3.8, 4) is 0 Å². The molecule has 0 aliphatic rings. The summed E-state index contributed by atoms with van der Waals surface area (Å²) in [6, 6.07) is -0.410. The van der Waals surface area contributed by atoms with Crippen LogP contribution in [0.5, 0.6) is 0 Å². The number of nitrogens with zero attached hydrogens (tertiary/aromatic N) is 2. The van der Waals surface area contributed by atoms with Crippen LogP contribution in [0.25, 0.3) is 0 Å². The highest BCUT2D eigenvalue weighted by atomic mass is 16.4. The quantitative estimate of drug-likeness (QED) is 0.790. The van der Waals surface area contributed by atoms with Crippen LogP contribution in [0.4, 0.5) is 4.79 Å². The third kappa shape index (κ3) is 5.86. The standard InChI is InChI=1S/C12H24N2O4/c1-11(2,3)14(7-9(15)16)10(17)13(6)8-12(4,5)18/h18H,7-8H2,1-6H3,(H,15,16). The highest BCUT2D eigenvalue weighted by Gasteiger charge is 2.32. The molecule has 0 aliphatic heterocycles. The average molecular weight is 260 g/mol. The predicted molar refractivity (Wildman–Crippen MR) is 68.4 cm³/mol. The molecule has 0 aromatic rings. The second-order valence-corrected chi connectivity index (χ2v) is 6.10.